The summed E-state index contributed by atoms with van der Waals surface area (Å²) in [5.74, 6) is -0.380. The number of aliphatic hydroxyl groups is 1. The average molecular weight is 263 g/mol. The minimum Gasteiger partial charge on any atom is -0.385 e. The van der Waals surface area contributed by atoms with E-state index in [2.05, 4.69) is 0 Å². The number of morpholine rings is 1. The molecule has 0 aromatic heterocycles. The van der Waals surface area contributed by atoms with Gasteiger partial charge < -0.3 is 14.7 Å². The number of hydrogen-bond acceptors (Lipinski definition) is 3. The molecule has 0 aromatic rings. The Kier molecular flexibility index (Phi) is 3.88. The van der Waals surface area contributed by atoms with E-state index in [1.165, 1.54) is 4.90 Å². The number of ether oxygens (including phenoxy) is 1. The molecule has 1 saturated heterocycles. The Morgan fingerprint density at radius 1 is 1.64 bits per heavy atom. The Morgan fingerprint density at radius 3 is 2.71 bits per heavy atom. The number of halogens is 3. The number of nitrogens with zero attached hydrogens (tertiary/aromatic N) is 1. The lowest BCUT2D eigenvalue weighted by molar-refractivity contribution is -0.160. The Morgan fingerprint density at radius 2 is 2.21 bits per heavy atom. The molecule has 1 fully saturated rings. The molecule has 1 amide bonds. The minimum atomic E-state index is -1.92. The molecule has 0 saturated carbocycles. The first-order valence-corrected chi connectivity index (χ1v) is 5.09. The summed E-state index contributed by atoms with van der Waals surface area (Å²) in [5, 5.41) is 9.53. The van der Waals surface area contributed by atoms with Crippen molar-refractivity contribution >= 4 is 40.7 Å². The lowest BCUT2D eigenvalue weighted by Gasteiger charge is -2.34. The quantitative estimate of drug-likeness (QED) is 0.703. The zero-order chi connectivity index (χ0) is 10.9. The monoisotopic (exact) mass is 261 g/mol. The van der Waals surface area contributed by atoms with Gasteiger partial charge in [-0.2, -0.15) is 0 Å². The Labute approximate surface area is 96.7 Å². The fourth-order valence-electron chi connectivity index (χ4n) is 1.11. The maximum atomic E-state index is 11.5. The predicted molar refractivity (Wildman–Crippen MR) is 53.7 cm³/mol. The molecule has 0 radical (unpaired) electrons. The molecular formula is C7H10Cl3NO3. The third-order valence-corrected chi connectivity index (χ3v) is 2.64. The van der Waals surface area contributed by atoms with Gasteiger partial charge in [-0.25, -0.2) is 0 Å². The molecule has 1 aliphatic heterocycles. The van der Waals surface area contributed by atoms with Crippen molar-refractivity contribution < 1.29 is 14.6 Å². The molecule has 14 heavy (non-hydrogen) atoms. The first kappa shape index (κ1) is 12.3. The number of amides is 1. The second kappa shape index (κ2) is 4.41. The molecule has 7 heteroatoms. The van der Waals surface area contributed by atoms with Crippen molar-refractivity contribution in [3.05, 3.63) is 0 Å². The third kappa shape index (κ3) is 2.64. The maximum Gasteiger partial charge on any atom is 0.254 e. The summed E-state index contributed by atoms with van der Waals surface area (Å²) in [6, 6.07) is 0. The zero-order valence-corrected chi connectivity index (χ0v) is 9.68. The van der Waals surface area contributed by atoms with Gasteiger partial charge in [-0.3, -0.25) is 4.79 Å². The Bertz CT molecular complexity index is 231. The van der Waals surface area contributed by atoms with Crippen LogP contribution in [0.5, 0.6) is 0 Å². The molecule has 1 N–H and O–H groups in total. The summed E-state index contributed by atoms with van der Waals surface area (Å²) >= 11 is 16.4. The second-order valence-electron chi connectivity index (χ2n) is 3.04. The highest BCUT2D eigenvalue weighted by atomic mass is 35.6. The van der Waals surface area contributed by atoms with Gasteiger partial charge in [-0.15, -0.1) is 0 Å². The van der Waals surface area contributed by atoms with Crippen molar-refractivity contribution in [2.45, 2.75) is 16.0 Å². The van der Waals surface area contributed by atoms with Crippen molar-refractivity contribution in [1.82, 2.24) is 4.90 Å². The van der Waals surface area contributed by atoms with Crippen LogP contribution in [0.4, 0.5) is 0 Å². The maximum absolute atomic E-state index is 11.5. The number of carbonyl (C=O) groups is 1. The standard InChI is InChI=1S/C7H10Cl3NO3/c1-11-2-3-14-4(6(11)13)5(12)7(8,9)10/h4-5,12H,2-3H2,1H3/t4-,5-/m0/s1. The summed E-state index contributed by atoms with van der Waals surface area (Å²) in [7, 11) is 1.60. The predicted octanol–water partition coefficient (Wildman–Crippen LogP) is 0.575. The van der Waals surface area contributed by atoms with E-state index in [-0.39, 0.29) is 5.91 Å². The fourth-order valence-corrected chi connectivity index (χ4v) is 1.46. The molecule has 4 nitrogen and oxygen atoms in total. The molecule has 1 rings (SSSR count). The second-order valence-corrected chi connectivity index (χ2v) is 5.41. The van der Waals surface area contributed by atoms with Gasteiger partial charge in [0.1, 0.15) is 6.10 Å². The van der Waals surface area contributed by atoms with Crippen molar-refractivity contribution in [1.29, 1.82) is 0 Å². The van der Waals surface area contributed by atoms with Crippen LogP contribution in [0.2, 0.25) is 0 Å². The van der Waals surface area contributed by atoms with Crippen LogP contribution in [0.3, 0.4) is 0 Å². The lowest BCUT2D eigenvalue weighted by Crippen LogP contribution is -2.54. The molecule has 1 aliphatic rings. The van der Waals surface area contributed by atoms with Gasteiger partial charge in [0.25, 0.3) is 5.91 Å². The minimum absolute atomic E-state index is 0.324. The molecule has 82 valence electrons. The summed E-state index contributed by atoms with van der Waals surface area (Å²) < 4.78 is 3.14. The normalized spacial score (nSPS) is 26.5. The van der Waals surface area contributed by atoms with Crippen molar-refractivity contribution in [3.8, 4) is 0 Å². The molecule has 2 atom stereocenters. The van der Waals surface area contributed by atoms with Crippen LogP contribution in [0.25, 0.3) is 0 Å². The van der Waals surface area contributed by atoms with E-state index in [4.69, 9.17) is 39.5 Å². The molecule has 0 spiro atoms. The van der Waals surface area contributed by atoms with E-state index in [0.717, 1.165) is 0 Å². The van der Waals surface area contributed by atoms with Crippen LogP contribution in [0.15, 0.2) is 0 Å². The number of carbonyl (C=O) groups excluding carboxylic acids is 1. The van der Waals surface area contributed by atoms with Gasteiger partial charge >= 0.3 is 0 Å². The van der Waals surface area contributed by atoms with Crippen LogP contribution in [0, 0.1) is 0 Å². The Hall–Kier alpha value is 0.260. The van der Waals surface area contributed by atoms with Gasteiger partial charge in [-0.1, -0.05) is 34.8 Å². The van der Waals surface area contributed by atoms with E-state index in [1.807, 2.05) is 0 Å². The van der Waals surface area contributed by atoms with Crippen LogP contribution in [0.1, 0.15) is 0 Å². The topological polar surface area (TPSA) is 49.8 Å². The van der Waals surface area contributed by atoms with Gasteiger partial charge in [0.05, 0.1) is 6.61 Å². The molecule has 0 bridgehead atoms. The highest BCUT2D eigenvalue weighted by molar-refractivity contribution is 6.68. The van der Waals surface area contributed by atoms with Crippen LogP contribution in [-0.2, 0) is 9.53 Å². The third-order valence-electron chi connectivity index (χ3n) is 1.97. The zero-order valence-electron chi connectivity index (χ0n) is 7.41. The highest BCUT2D eigenvalue weighted by Crippen LogP contribution is 2.33. The molecule has 1 heterocycles. The average Bonchev–Trinajstić information content (AvgIpc) is 2.07. The van der Waals surface area contributed by atoms with E-state index >= 15 is 0 Å². The lowest BCUT2D eigenvalue weighted by atomic mass is 10.1. The number of hydrogen-bond donors (Lipinski definition) is 1. The van der Waals surface area contributed by atoms with Crippen LogP contribution < -0.4 is 0 Å². The molecule has 0 aliphatic carbocycles. The molecule has 0 aromatic carbocycles. The number of aliphatic hydroxyl groups excluding tert-OH is 1. The fraction of sp³-hybridized carbons (Fsp3) is 0.857. The van der Waals surface area contributed by atoms with Crippen molar-refractivity contribution in [2.75, 3.05) is 20.2 Å². The van der Waals surface area contributed by atoms with Crippen molar-refractivity contribution in [2.24, 2.45) is 0 Å². The van der Waals surface area contributed by atoms with Gasteiger partial charge in [0.2, 0.25) is 3.79 Å². The molecular weight excluding hydrogens is 252 g/mol. The van der Waals surface area contributed by atoms with E-state index in [9.17, 15) is 9.90 Å². The summed E-state index contributed by atoms with van der Waals surface area (Å²) in [6.45, 7) is 0.798. The number of alkyl halides is 3. The number of rotatable bonds is 1. The van der Waals surface area contributed by atoms with Gasteiger partial charge in [0, 0.05) is 13.6 Å². The Balaban J connectivity index is 2.72. The highest BCUT2D eigenvalue weighted by Gasteiger charge is 2.44. The first-order valence-electron chi connectivity index (χ1n) is 3.95. The number of likely N-dealkylation sites (N-methyl/N-ethyl adjacent to an activating group) is 1. The summed E-state index contributed by atoms with van der Waals surface area (Å²) in [6.07, 6.45) is -2.55. The van der Waals surface area contributed by atoms with Gasteiger partial charge in [-0.05, 0) is 0 Å². The van der Waals surface area contributed by atoms with Crippen LogP contribution in [-0.4, -0.2) is 52.1 Å². The largest absolute Gasteiger partial charge is 0.385 e. The van der Waals surface area contributed by atoms with Crippen molar-refractivity contribution in [3.63, 3.8) is 0 Å². The summed E-state index contributed by atoms with van der Waals surface area (Å²) in [4.78, 5) is 12.9. The van der Waals surface area contributed by atoms with E-state index in [1.54, 1.807) is 7.05 Å². The molecule has 0 unspecified atom stereocenters. The van der Waals surface area contributed by atoms with Crippen LogP contribution >= 0.6 is 34.8 Å². The van der Waals surface area contributed by atoms with E-state index in [0.29, 0.717) is 13.2 Å². The van der Waals surface area contributed by atoms with E-state index < -0.39 is 16.0 Å². The smallest absolute Gasteiger partial charge is 0.254 e. The SMILES string of the molecule is CN1CCO[C@@H]([C@H](O)C(Cl)(Cl)Cl)C1=O. The first-order chi connectivity index (χ1) is 6.34. The van der Waals surface area contributed by atoms with Gasteiger partial charge in [0.15, 0.2) is 6.10 Å². The summed E-state index contributed by atoms with van der Waals surface area (Å²) in [5.41, 5.74) is 0.